The van der Waals surface area contributed by atoms with Gasteiger partial charge in [0.05, 0.1) is 15.5 Å². The van der Waals surface area contributed by atoms with Crippen LogP contribution in [0, 0.1) is 0 Å². The van der Waals surface area contributed by atoms with Crippen molar-refractivity contribution in [3.05, 3.63) is 83.3 Å². The molecule has 0 unspecified atom stereocenters. The van der Waals surface area contributed by atoms with E-state index in [1.807, 2.05) is 53.4 Å². The van der Waals surface area contributed by atoms with Crippen molar-refractivity contribution in [3.63, 3.8) is 0 Å². The van der Waals surface area contributed by atoms with Crippen molar-refractivity contribution < 1.29 is 27.1 Å². The minimum Gasteiger partial charge on any atom is -0.748 e. The van der Waals surface area contributed by atoms with Gasteiger partial charge in [-0.1, -0.05) is 12.1 Å². The predicted molar refractivity (Wildman–Crippen MR) is 140 cm³/mol. The number of rotatable bonds is 7. The zero-order valence-electron chi connectivity index (χ0n) is 20.1. The van der Waals surface area contributed by atoms with Gasteiger partial charge in [-0.25, -0.2) is 13.0 Å². The number of anilines is 2. The van der Waals surface area contributed by atoms with E-state index in [1.54, 1.807) is 24.3 Å². The van der Waals surface area contributed by atoms with Crippen molar-refractivity contribution in [2.24, 2.45) is 0 Å². The van der Waals surface area contributed by atoms with Crippen LogP contribution in [0.25, 0.3) is 22.3 Å². The monoisotopic (exact) mass is 521 g/mol. The molecule has 4 aromatic rings. The minimum atomic E-state index is -4.18. The number of hydrogen-bond donors (Lipinski definition) is 1. The molecule has 0 saturated carbocycles. The van der Waals surface area contributed by atoms with Gasteiger partial charge in [0, 0.05) is 67.4 Å². The molecular formula is C27H27N3O6S. The van der Waals surface area contributed by atoms with Crippen LogP contribution in [0.1, 0.15) is 6.42 Å². The Labute approximate surface area is 214 Å². The van der Waals surface area contributed by atoms with Crippen molar-refractivity contribution in [1.29, 1.82) is 0 Å². The third-order valence-electron chi connectivity index (χ3n) is 6.60. The highest BCUT2D eigenvalue weighted by Crippen LogP contribution is 2.31. The molecule has 1 aliphatic rings. The zero-order chi connectivity index (χ0) is 26.0. The molecule has 192 valence electrons. The van der Waals surface area contributed by atoms with Gasteiger partial charge in [0.25, 0.3) is 0 Å². The Morgan fingerprint density at radius 3 is 2.11 bits per heavy atom. The molecule has 5 rings (SSSR count). The first-order valence-corrected chi connectivity index (χ1v) is 13.6. The molecule has 0 radical (unpaired) electrons. The first-order valence-electron chi connectivity index (χ1n) is 12.1. The van der Waals surface area contributed by atoms with Gasteiger partial charge in [-0.05, 0) is 36.4 Å². The largest absolute Gasteiger partial charge is 0.748 e. The van der Waals surface area contributed by atoms with E-state index in [2.05, 4.69) is 9.80 Å². The molecule has 3 heterocycles. The van der Waals surface area contributed by atoms with Crippen LogP contribution in [0.15, 0.2) is 82.3 Å². The zero-order valence-corrected chi connectivity index (χ0v) is 20.9. The van der Waals surface area contributed by atoms with Crippen molar-refractivity contribution in [2.45, 2.75) is 13.0 Å². The highest BCUT2D eigenvalue weighted by molar-refractivity contribution is 7.85. The number of nitrogens with zero attached hydrogens (tertiary/aromatic N) is 3. The summed E-state index contributed by atoms with van der Waals surface area (Å²) in [7, 11) is -4.18. The predicted octanol–water partition coefficient (Wildman–Crippen LogP) is 2.72. The summed E-state index contributed by atoms with van der Waals surface area (Å²) in [5.74, 6) is -0.585. The van der Waals surface area contributed by atoms with Crippen molar-refractivity contribution in [2.75, 3.05) is 41.7 Å². The van der Waals surface area contributed by atoms with E-state index in [-0.39, 0.29) is 17.3 Å². The lowest BCUT2D eigenvalue weighted by atomic mass is 10.1. The van der Waals surface area contributed by atoms with E-state index in [0.717, 1.165) is 37.6 Å². The summed E-state index contributed by atoms with van der Waals surface area (Å²) < 4.78 is 40.0. The minimum absolute atomic E-state index is 0.163. The Morgan fingerprint density at radius 1 is 0.892 bits per heavy atom. The van der Waals surface area contributed by atoms with Crippen LogP contribution in [-0.4, -0.2) is 50.0 Å². The van der Waals surface area contributed by atoms with Gasteiger partial charge in [-0.2, -0.15) is 0 Å². The molecule has 1 fully saturated rings. The van der Waals surface area contributed by atoms with Crippen LogP contribution in [-0.2, 0) is 16.7 Å². The number of hydrogen-bond acceptors (Lipinski definition) is 8. The first-order chi connectivity index (χ1) is 17.8. The Morgan fingerprint density at radius 2 is 1.49 bits per heavy atom. The molecule has 1 saturated heterocycles. The summed E-state index contributed by atoms with van der Waals surface area (Å²) in [5, 5.41) is 10.8. The van der Waals surface area contributed by atoms with Gasteiger partial charge in [-0.15, -0.1) is 0 Å². The summed E-state index contributed by atoms with van der Waals surface area (Å²) in [5.41, 5.74) is 2.75. The summed E-state index contributed by atoms with van der Waals surface area (Å²) in [6, 6.07) is 18.5. The third kappa shape index (κ3) is 5.60. The molecule has 10 heteroatoms. The summed E-state index contributed by atoms with van der Waals surface area (Å²) in [6.45, 7) is 3.80. The molecule has 2 aromatic carbocycles. The number of para-hydroxylation sites is 1. The lowest BCUT2D eigenvalue weighted by Crippen LogP contribution is -2.46. The van der Waals surface area contributed by atoms with Gasteiger partial charge in [-0.3, -0.25) is 4.79 Å². The third-order valence-corrected chi connectivity index (χ3v) is 7.39. The maximum absolute atomic E-state index is 12.5. The summed E-state index contributed by atoms with van der Waals surface area (Å²) in [6.07, 6.45) is 4.09. The average Bonchev–Trinajstić information content (AvgIpc) is 2.91. The van der Waals surface area contributed by atoms with Crippen LogP contribution in [0.3, 0.4) is 0 Å². The number of aromatic hydroxyl groups is 1. The van der Waals surface area contributed by atoms with E-state index < -0.39 is 15.5 Å². The molecule has 9 nitrogen and oxygen atoms in total. The van der Waals surface area contributed by atoms with E-state index in [4.69, 9.17) is 4.42 Å². The van der Waals surface area contributed by atoms with Crippen LogP contribution in [0.4, 0.5) is 11.4 Å². The number of aryl methyl sites for hydroxylation is 1. The maximum atomic E-state index is 12.5. The maximum Gasteiger partial charge on any atom is 0.235 e. The smallest absolute Gasteiger partial charge is 0.235 e. The molecule has 1 aliphatic heterocycles. The van der Waals surface area contributed by atoms with E-state index in [0.29, 0.717) is 29.5 Å². The SMILES string of the molecule is O=c1c(O)c(-c2ccc(N3CCN(c4cc[n+](CCCS(=O)(=O)[O-])cc4)CC3)cc2)oc2ccccc12. The van der Waals surface area contributed by atoms with Gasteiger partial charge in [0.1, 0.15) is 12.1 Å². The molecule has 1 N–H and O–H groups in total. The standard InChI is InChI=1S/C27H27N3O6S/c31-25-23-4-1-2-5-24(23)36-27(26(25)32)20-6-8-21(9-7-20)29-15-17-30(18-16-29)22-10-13-28(14-11-22)12-3-19-37(33,34)35/h1-2,4-11,13-14H,3,12,15-19H2,(H-,32,33,34,35). The van der Waals surface area contributed by atoms with Crippen molar-refractivity contribution in [1.82, 2.24) is 0 Å². The Bertz CT molecular complexity index is 1560. The van der Waals surface area contributed by atoms with Crippen LogP contribution < -0.4 is 19.8 Å². The Hall–Kier alpha value is -3.89. The van der Waals surface area contributed by atoms with Crippen LogP contribution in [0.2, 0.25) is 0 Å². The molecule has 0 atom stereocenters. The van der Waals surface area contributed by atoms with Gasteiger partial charge in [0.2, 0.25) is 11.2 Å². The van der Waals surface area contributed by atoms with Gasteiger partial charge in [0.15, 0.2) is 18.2 Å². The number of benzene rings is 2. The lowest BCUT2D eigenvalue weighted by molar-refractivity contribution is -0.696. The van der Waals surface area contributed by atoms with Crippen molar-refractivity contribution >= 4 is 32.5 Å². The molecule has 0 spiro atoms. The second-order valence-corrected chi connectivity index (χ2v) is 10.6. The van der Waals surface area contributed by atoms with Crippen LogP contribution >= 0.6 is 0 Å². The molecule has 0 amide bonds. The van der Waals surface area contributed by atoms with Gasteiger partial charge < -0.3 is 23.9 Å². The topological polar surface area (TPSA) is 118 Å². The molecule has 2 aromatic heterocycles. The fourth-order valence-electron chi connectivity index (χ4n) is 4.61. The Kier molecular flexibility index (Phi) is 6.86. The highest BCUT2D eigenvalue weighted by Gasteiger charge is 2.20. The molecule has 0 aliphatic carbocycles. The number of piperazine rings is 1. The first kappa shape index (κ1) is 24.8. The number of fused-ring (bicyclic) bond motifs is 1. The number of aromatic nitrogens is 1. The second kappa shape index (κ2) is 10.2. The molecule has 0 bridgehead atoms. The number of pyridine rings is 1. The van der Waals surface area contributed by atoms with E-state index >= 15 is 0 Å². The summed E-state index contributed by atoms with van der Waals surface area (Å²) >= 11 is 0. The average molecular weight is 522 g/mol. The lowest BCUT2D eigenvalue weighted by Gasteiger charge is -2.37. The fourth-order valence-corrected chi connectivity index (χ4v) is 5.09. The van der Waals surface area contributed by atoms with E-state index in [1.165, 1.54) is 0 Å². The fraction of sp³-hybridized carbons (Fsp3) is 0.259. The van der Waals surface area contributed by atoms with E-state index in [9.17, 15) is 22.9 Å². The Balaban J connectivity index is 1.21. The highest BCUT2D eigenvalue weighted by atomic mass is 32.2. The summed E-state index contributed by atoms with van der Waals surface area (Å²) in [4.78, 5) is 17.1. The van der Waals surface area contributed by atoms with Crippen molar-refractivity contribution in [3.8, 4) is 17.1 Å². The quantitative estimate of drug-likeness (QED) is 0.291. The molecule has 37 heavy (non-hydrogen) atoms. The second-order valence-electron chi connectivity index (χ2n) is 9.04. The van der Waals surface area contributed by atoms with Gasteiger partial charge >= 0.3 is 0 Å². The normalized spacial score (nSPS) is 14.3. The molecular weight excluding hydrogens is 494 g/mol. The van der Waals surface area contributed by atoms with Crippen LogP contribution in [0.5, 0.6) is 5.75 Å².